The van der Waals surface area contributed by atoms with E-state index in [1.165, 1.54) is 25.7 Å². The van der Waals surface area contributed by atoms with E-state index >= 15 is 0 Å². The van der Waals surface area contributed by atoms with Gasteiger partial charge in [-0.05, 0) is 38.3 Å². The van der Waals surface area contributed by atoms with E-state index in [0.717, 1.165) is 37.8 Å². The molecule has 0 radical (unpaired) electrons. The Kier molecular flexibility index (Phi) is 10.3. The van der Waals surface area contributed by atoms with E-state index in [-0.39, 0.29) is 24.0 Å². The second-order valence-corrected chi connectivity index (χ2v) is 5.33. The van der Waals surface area contributed by atoms with Crippen molar-refractivity contribution in [2.45, 2.75) is 51.7 Å². The average molecular weight is 421 g/mol. The summed E-state index contributed by atoms with van der Waals surface area (Å²) in [7, 11) is 0. The van der Waals surface area contributed by atoms with Crippen molar-refractivity contribution in [2.75, 3.05) is 19.7 Å². The molecule has 0 aromatic carbocycles. The van der Waals surface area contributed by atoms with Crippen LogP contribution in [0.3, 0.4) is 0 Å². The molecular formula is C16H28IN3O2. The van der Waals surface area contributed by atoms with Crippen LogP contribution in [-0.2, 0) is 11.3 Å². The van der Waals surface area contributed by atoms with Gasteiger partial charge in [-0.2, -0.15) is 0 Å². The van der Waals surface area contributed by atoms with E-state index in [4.69, 9.17) is 9.15 Å². The molecule has 0 bridgehead atoms. The molecule has 0 unspecified atom stereocenters. The molecule has 1 aliphatic carbocycles. The van der Waals surface area contributed by atoms with Gasteiger partial charge in [-0.1, -0.05) is 12.8 Å². The Morgan fingerprint density at radius 2 is 2.18 bits per heavy atom. The SMILES string of the molecule is CCNC(=NCc1ccco1)NCCCOC1CCCC1.I. The molecule has 1 fully saturated rings. The molecule has 0 saturated heterocycles. The Bertz CT molecular complexity index is 404. The lowest BCUT2D eigenvalue weighted by Crippen LogP contribution is -2.38. The second-order valence-electron chi connectivity index (χ2n) is 5.33. The van der Waals surface area contributed by atoms with Crippen molar-refractivity contribution in [3.8, 4) is 0 Å². The van der Waals surface area contributed by atoms with Crippen LogP contribution in [-0.4, -0.2) is 31.8 Å². The maximum absolute atomic E-state index is 5.85. The molecule has 22 heavy (non-hydrogen) atoms. The lowest BCUT2D eigenvalue weighted by Gasteiger charge is -2.13. The summed E-state index contributed by atoms with van der Waals surface area (Å²) in [6, 6.07) is 3.81. The first kappa shape index (κ1) is 19.3. The summed E-state index contributed by atoms with van der Waals surface area (Å²) in [6.45, 7) is 5.17. The van der Waals surface area contributed by atoms with Gasteiger partial charge in [-0.15, -0.1) is 24.0 Å². The van der Waals surface area contributed by atoms with E-state index in [0.29, 0.717) is 12.6 Å². The third-order valence-corrected chi connectivity index (χ3v) is 3.59. The van der Waals surface area contributed by atoms with Crippen LogP contribution in [0.5, 0.6) is 0 Å². The van der Waals surface area contributed by atoms with Gasteiger partial charge < -0.3 is 19.8 Å². The fourth-order valence-electron chi connectivity index (χ4n) is 2.49. The van der Waals surface area contributed by atoms with Crippen molar-refractivity contribution in [1.29, 1.82) is 0 Å². The standard InChI is InChI=1S/C16H27N3O2.HI/c1-2-17-16(19-13-15-9-5-11-21-15)18-10-6-12-20-14-7-3-4-8-14;/h5,9,11,14H,2-4,6-8,10,12-13H2,1H3,(H2,17,18,19);1H. The number of furan rings is 1. The smallest absolute Gasteiger partial charge is 0.191 e. The number of nitrogens with one attached hydrogen (secondary N) is 2. The summed E-state index contributed by atoms with van der Waals surface area (Å²) in [5.41, 5.74) is 0. The van der Waals surface area contributed by atoms with Crippen LogP contribution >= 0.6 is 24.0 Å². The number of aliphatic imine (C=N–C) groups is 1. The average Bonchev–Trinajstić information content (AvgIpc) is 3.17. The molecule has 0 spiro atoms. The predicted molar refractivity (Wildman–Crippen MR) is 99.8 cm³/mol. The molecule has 0 amide bonds. The minimum atomic E-state index is 0. The topological polar surface area (TPSA) is 58.8 Å². The first-order valence-electron chi connectivity index (χ1n) is 8.04. The van der Waals surface area contributed by atoms with Crippen molar-refractivity contribution in [1.82, 2.24) is 10.6 Å². The zero-order valence-corrected chi connectivity index (χ0v) is 15.7. The van der Waals surface area contributed by atoms with Crippen molar-refractivity contribution >= 4 is 29.9 Å². The predicted octanol–water partition coefficient (Wildman–Crippen LogP) is 3.30. The molecule has 1 aliphatic rings. The maximum Gasteiger partial charge on any atom is 0.191 e. The minimum Gasteiger partial charge on any atom is -0.467 e. The van der Waals surface area contributed by atoms with Gasteiger partial charge in [-0.3, -0.25) is 0 Å². The van der Waals surface area contributed by atoms with Gasteiger partial charge in [0.1, 0.15) is 12.3 Å². The summed E-state index contributed by atoms with van der Waals surface area (Å²) in [5, 5.41) is 6.56. The van der Waals surface area contributed by atoms with Crippen LogP contribution in [0.15, 0.2) is 27.8 Å². The third kappa shape index (κ3) is 7.49. The summed E-state index contributed by atoms with van der Waals surface area (Å²) >= 11 is 0. The van der Waals surface area contributed by atoms with Crippen LogP contribution in [0, 0.1) is 0 Å². The number of hydrogen-bond acceptors (Lipinski definition) is 3. The molecule has 0 atom stereocenters. The molecular weight excluding hydrogens is 393 g/mol. The maximum atomic E-state index is 5.85. The van der Waals surface area contributed by atoms with Gasteiger partial charge in [0.05, 0.1) is 12.4 Å². The number of ether oxygens (including phenoxy) is 1. The first-order chi connectivity index (χ1) is 10.4. The normalized spacial score (nSPS) is 15.6. The number of rotatable bonds is 8. The van der Waals surface area contributed by atoms with Crippen LogP contribution < -0.4 is 10.6 Å². The van der Waals surface area contributed by atoms with Gasteiger partial charge in [0.15, 0.2) is 5.96 Å². The highest BCUT2D eigenvalue weighted by Crippen LogP contribution is 2.20. The second kappa shape index (κ2) is 11.8. The number of guanidine groups is 1. The Balaban J connectivity index is 0.00000242. The van der Waals surface area contributed by atoms with Crippen molar-refractivity contribution in [2.24, 2.45) is 4.99 Å². The van der Waals surface area contributed by atoms with Gasteiger partial charge in [0.25, 0.3) is 0 Å². The molecule has 1 aromatic heterocycles. The third-order valence-electron chi connectivity index (χ3n) is 3.59. The number of hydrogen-bond donors (Lipinski definition) is 2. The van der Waals surface area contributed by atoms with E-state index in [1.807, 2.05) is 12.1 Å². The van der Waals surface area contributed by atoms with Gasteiger partial charge in [0.2, 0.25) is 0 Å². The quantitative estimate of drug-likeness (QED) is 0.293. The van der Waals surface area contributed by atoms with Crippen molar-refractivity contribution in [3.05, 3.63) is 24.2 Å². The first-order valence-corrected chi connectivity index (χ1v) is 8.04. The van der Waals surface area contributed by atoms with E-state index in [1.54, 1.807) is 6.26 Å². The molecule has 0 aliphatic heterocycles. The fraction of sp³-hybridized carbons (Fsp3) is 0.688. The molecule has 6 heteroatoms. The van der Waals surface area contributed by atoms with Gasteiger partial charge >= 0.3 is 0 Å². The van der Waals surface area contributed by atoms with Crippen molar-refractivity contribution < 1.29 is 9.15 Å². The molecule has 1 aromatic rings. The Labute approximate surface area is 150 Å². The minimum absolute atomic E-state index is 0. The summed E-state index contributed by atoms with van der Waals surface area (Å²) in [4.78, 5) is 4.49. The van der Waals surface area contributed by atoms with E-state index in [9.17, 15) is 0 Å². The highest BCUT2D eigenvalue weighted by Gasteiger charge is 2.14. The van der Waals surface area contributed by atoms with Crippen LogP contribution in [0.2, 0.25) is 0 Å². The zero-order chi connectivity index (χ0) is 14.8. The molecule has 126 valence electrons. The van der Waals surface area contributed by atoms with Crippen LogP contribution in [0.1, 0.15) is 44.8 Å². The largest absolute Gasteiger partial charge is 0.467 e. The van der Waals surface area contributed by atoms with Crippen LogP contribution in [0.4, 0.5) is 0 Å². The molecule has 5 nitrogen and oxygen atoms in total. The Morgan fingerprint density at radius 3 is 2.86 bits per heavy atom. The zero-order valence-electron chi connectivity index (χ0n) is 13.3. The molecule has 2 N–H and O–H groups in total. The Hall–Kier alpha value is -0.760. The summed E-state index contributed by atoms with van der Waals surface area (Å²) in [5.74, 6) is 1.70. The number of nitrogens with zero attached hydrogens (tertiary/aromatic N) is 1. The lowest BCUT2D eigenvalue weighted by atomic mass is 10.3. The highest BCUT2D eigenvalue weighted by atomic mass is 127. The fourth-order valence-corrected chi connectivity index (χ4v) is 2.49. The number of halogens is 1. The molecule has 1 saturated carbocycles. The van der Waals surface area contributed by atoms with Crippen molar-refractivity contribution in [3.63, 3.8) is 0 Å². The Morgan fingerprint density at radius 1 is 1.36 bits per heavy atom. The van der Waals surface area contributed by atoms with Crippen LogP contribution in [0.25, 0.3) is 0 Å². The molecule has 1 heterocycles. The summed E-state index contributed by atoms with van der Waals surface area (Å²) < 4.78 is 11.1. The summed E-state index contributed by atoms with van der Waals surface area (Å²) in [6.07, 6.45) is 8.31. The van der Waals surface area contributed by atoms with Gasteiger partial charge in [0, 0.05) is 19.7 Å². The van der Waals surface area contributed by atoms with E-state index < -0.39 is 0 Å². The monoisotopic (exact) mass is 421 g/mol. The highest BCUT2D eigenvalue weighted by molar-refractivity contribution is 14.0. The van der Waals surface area contributed by atoms with E-state index in [2.05, 4.69) is 22.5 Å². The lowest BCUT2D eigenvalue weighted by molar-refractivity contribution is 0.0574. The van der Waals surface area contributed by atoms with Gasteiger partial charge in [-0.25, -0.2) is 4.99 Å². The molecule has 2 rings (SSSR count).